The molecule has 6 heteroatoms. The van der Waals surface area contributed by atoms with Crippen LogP contribution in [0.2, 0.25) is 0 Å². The first-order valence-electron chi connectivity index (χ1n) is 4.19. The van der Waals surface area contributed by atoms with Crippen LogP contribution >= 0.6 is 11.8 Å². The highest BCUT2D eigenvalue weighted by Gasteiger charge is 2.27. The van der Waals surface area contributed by atoms with Gasteiger partial charge in [-0.15, -0.1) is 5.10 Å². The molecule has 1 fully saturated rings. The van der Waals surface area contributed by atoms with Crippen LogP contribution in [0.4, 0.5) is 0 Å². The van der Waals surface area contributed by atoms with Gasteiger partial charge in [-0.1, -0.05) is 11.8 Å². The largest absolute Gasteiger partial charge is 0.217 e. The molecule has 1 heterocycles. The fourth-order valence-corrected chi connectivity index (χ4v) is 1.80. The molecule has 1 aliphatic carbocycles. The Balaban J connectivity index is 1.95. The number of rotatable bonds is 4. The maximum absolute atomic E-state index is 8.36. The van der Waals surface area contributed by atoms with E-state index in [1.807, 2.05) is 4.68 Å². The Labute approximate surface area is 80.1 Å². The van der Waals surface area contributed by atoms with Crippen molar-refractivity contribution in [1.29, 1.82) is 5.26 Å². The summed E-state index contributed by atoms with van der Waals surface area (Å²) < 4.78 is 1.86. The van der Waals surface area contributed by atoms with E-state index in [0.717, 1.165) is 10.9 Å². The van der Waals surface area contributed by atoms with Crippen molar-refractivity contribution in [3.8, 4) is 6.07 Å². The molecule has 1 aliphatic rings. The van der Waals surface area contributed by atoms with Crippen LogP contribution < -0.4 is 0 Å². The Morgan fingerprint density at radius 2 is 2.46 bits per heavy atom. The minimum Gasteiger partial charge on any atom is -0.217 e. The van der Waals surface area contributed by atoms with E-state index < -0.39 is 0 Å². The number of nitriles is 1. The standard InChI is InChI=1S/C7H9N5S/c8-4-1-5-13-7-9-10-11-12(7)6-2-3-6/h6H,1-3,5H2. The topological polar surface area (TPSA) is 67.4 Å². The molecule has 1 aromatic rings. The zero-order valence-electron chi connectivity index (χ0n) is 7.05. The Morgan fingerprint density at radius 3 is 3.15 bits per heavy atom. The van der Waals surface area contributed by atoms with Crippen molar-refractivity contribution in [2.24, 2.45) is 0 Å². The molecule has 0 atom stereocenters. The second-order valence-electron chi connectivity index (χ2n) is 2.89. The lowest BCUT2D eigenvalue weighted by Gasteiger charge is -1.98. The number of aromatic nitrogens is 4. The van der Waals surface area contributed by atoms with Gasteiger partial charge in [0, 0.05) is 12.2 Å². The molecule has 1 aromatic heterocycles. The molecular weight excluding hydrogens is 186 g/mol. The summed E-state index contributed by atoms with van der Waals surface area (Å²) in [5.41, 5.74) is 0. The van der Waals surface area contributed by atoms with E-state index in [4.69, 9.17) is 5.26 Å². The van der Waals surface area contributed by atoms with Crippen LogP contribution in [0.1, 0.15) is 25.3 Å². The van der Waals surface area contributed by atoms with Gasteiger partial charge in [0.15, 0.2) is 0 Å². The van der Waals surface area contributed by atoms with Gasteiger partial charge in [0.25, 0.3) is 0 Å². The van der Waals surface area contributed by atoms with Crippen molar-refractivity contribution < 1.29 is 0 Å². The first-order valence-corrected chi connectivity index (χ1v) is 5.18. The lowest BCUT2D eigenvalue weighted by atomic mass is 10.6. The van der Waals surface area contributed by atoms with Crippen molar-refractivity contribution in [1.82, 2.24) is 20.2 Å². The van der Waals surface area contributed by atoms with Crippen LogP contribution in [-0.2, 0) is 0 Å². The Kier molecular flexibility index (Phi) is 2.45. The van der Waals surface area contributed by atoms with Crippen LogP contribution in [0.25, 0.3) is 0 Å². The Hall–Kier alpha value is -1.09. The maximum atomic E-state index is 8.36. The van der Waals surface area contributed by atoms with Gasteiger partial charge in [0.1, 0.15) is 0 Å². The monoisotopic (exact) mass is 195 g/mol. The summed E-state index contributed by atoms with van der Waals surface area (Å²) in [5, 5.41) is 20.6. The number of hydrogen-bond donors (Lipinski definition) is 0. The minimum atomic E-state index is 0.514. The van der Waals surface area contributed by atoms with Crippen LogP contribution in [0, 0.1) is 11.3 Å². The van der Waals surface area contributed by atoms with Gasteiger partial charge < -0.3 is 0 Å². The summed E-state index contributed by atoms with van der Waals surface area (Å²) in [4.78, 5) is 0. The molecular formula is C7H9N5S. The molecule has 0 unspecified atom stereocenters. The molecule has 0 aliphatic heterocycles. The molecule has 0 radical (unpaired) electrons. The maximum Gasteiger partial charge on any atom is 0.209 e. The van der Waals surface area contributed by atoms with Crippen molar-refractivity contribution in [3.05, 3.63) is 0 Å². The van der Waals surface area contributed by atoms with Crippen molar-refractivity contribution in [2.45, 2.75) is 30.5 Å². The third-order valence-corrected chi connectivity index (χ3v) is 2.74. The SMILES string of the molecule is N#CCCSc1nnnn1C1CC1. The first-order chi connectivity index (χ1) is 6.42. The zero-order valence-corrected chi connectivity index (χ0v) is 7.87. The van der Waals surface area contributed by atoms with Gasteiger partial charge in [-0.25, -0.2) is 4.68 Å². The van der Waals surface area contributed by atoms with Crippen LogP contribution in [-0.4, -0.2) is 26.0 Å². The Bertz CT molecular complexity index is 324. The molecule has 2 rings (SSSR count). The van der Waals surface area contributed by atoms with E-state index in [9.17, 15) is 0 Å². The van der Waals surface area contributed by atoms with Gasteiger partial charge in [-0.05, 0) is 23.3 Å². The molecule has 0 saturated heterocycles. The van der Waals surface area contributed by atoms with Crippen LogP contribution in [0.3, 0.4) is 0 Å². The predicted molar refractivity (Wildman–Crippen MR) is 47.0 cm³/mol. The molecule has 13 heavy (non-hydrogen) atoms. The normalized spacial score (nSPS) is 15.6. The van der Waals surface area contributed by atoms with Gasteiger partial charge in [0.05, 0.1) is 12.1 Å². The van der Waals surface area contributed by atoms with Gasteiger partial charge >= 0.3 is 0 Å². The molecule has 0 bridgehead atoms. The number of hydrogen-bond acceptors (Lipinski definition) is 5. The average molecular weight is 195 g/mol. The smallest absolute Gasteiger partial charge is 0.209 e. The number of thioether (sulfide) groups is 1. The molecule has 68 valence electrons. The summed E-state index contributed by atoms with van der Waals surface area (Å²) in [6.07, 6.45) is 2.90. The summed E-state index contributed by atoms with van der Waals surface area (Å²) in [6.45, 7) is 0. The van der Waals surface area contributed by atoms with Gasteiger partial charge in [0.2, 0.25) is 5.16 Å². The summed E-state index contributed by atoms with van der Waals surface area (Å²) in [7, 11) is 0. The predicted octanol–water partition coefficient (Wildman–Crippen LogP) is 1.01. The third-order valence-electron chi connectivity index (χ3n) is 1.80. The van der Waals surface area contributed by atoms with Crippen molar-refractivity contribution >= 4 is 11.8 Å². The highest BCUT2D eigenvalue weighted by atomic mass is 32.2. The molecule has 0 aromatic carbocycles. The molecule has 0 N–H and O–H groups in total. The highest BCUT2D eigenvalue weighted by molar-refractivity contribution is 7.99. The van der Waals surface area contributed by atoms with E-state index in [2.05, 4.69) is 21.6 Å². The van der Waals surface area contributed by atoms with Crippen LogP contribution in [0.5, 0.6) is 0 Å². The molecule has 0 amide bonds. The molecule has 0 spiro atoms. The fourth-order valence-electron chi connectivity index (χ4n) is 1.02. The number of tetrazole rings is 1. The minimum absolute atomic E-state index is 0.514. The highest BCUT2D eigenvalue weighted by Crippen LogP contribution is 2.36. The van der Waals surface area contributed by atoms with Gasteiger partial charge in [-0.2, -0.15) is 5.26 Å². The number of nitrogens with zero attached hydrogens (tertiary/aromatic N) is 5. The summed E-state index contributed by atoms with van der Waals surface area (Å²) in [6, 6.07) is 2.61. The molecule has 5 nitrogen and oxygen atoms in total. The van der Waals surface area contributed by atoms with Gasteiger partial charge in [-0.3, -0.25) is 0 Å². The zero-order chi connectivity index (χ0) is 9.10. The molecule has 1 saturated carbocycles. The Morgan fingerprint density at radius 1 is 1.62 bits per heavy atom. The van der Waals surface area contributed by atoms with E-state index in [1.165, 1.54) is 12.8 Å². The lowest BCUT2D eigenvalue weighted by molar-refractivity contribution is 0.565. The van der Waals surface area contributed by atoms with Crippen LogP contribution in [0.15, 0.2) is 5.16 Å². The average Bonchev–Trinajstić information content (AvgIpc) is 2.88. The third kappa shape index (κ3) is 1.98. The first kappa shape index (κ1) is 8.51. The lowest BCUT2D eigenvalue weighted by Crippen LogP contribution is -1.98. The quantitative estimate of drug-likeness (QED) is 0.530. The summed E-state index contributed by atoms with van der Waals surface area (Å²) >= 11 is 1.55. The van der Waals surface area contributed by atoms with E-state index in [1.54, 1.807) is 11.8 Å². The summed E-state index contributed by atoms with van der Waals surface area (Å²) in [5.74, 6) is 0.767. The van der Waals surface area contributed by atoms with E-state index >= 15 is 0 Å². The van der Waals surface area contributed by atoms with Crippen molar-refractivity contribution in [3.63, 3.8) is 0 Å². The second kappa shape index (κ2) is 3.75. The second-order valence-corrected chi connectivity index (χ2v) is 3.96. The van der Waals surface area contributed by atoms with E-state index in [-0.39, 0.29) is 0 Å². The van der Waals surface area contributed by atoms with E-state index in [0.29, 0.717) is 12.5 Å². The van der Waals surface area contributed by atoms with Crippen molar-refractivity contribution in [2.75, 3.05) is 5.75 Å². The fraction of sp³-hybridized carbons (Fsp3) is 0.714.